The highest BCUT2D eigenvalue weighted by Gasteiger charge is 2.73. The molecule has 0 aromatic heterocycles. The van der Waals surface area contributed by atoms with Crippen molar-refractivity contribution in [2.24, 2.45) is 33.8 Å². The highest BCUT2D eigenvalue weighted by molar-refractivity contribution is 8.76. The van der Waals surface area contributed by atoms with Crippen LogP contribution in [-0.4, -0.2) is 194 Å². The Balaban J connectivity index is 1.18. The van der Waals surface area contributed by atoms with Crippen LogP contribution in [0.15, 0.2) is 71.8 Å². The Morgan fingerprint density at radius 3 is 2.11 bits per heavy atom. The van der Waals surface area contributed by atoms with Crippen molar-refractivity contribution in [3.63, 3.8) is 0 Å². The number of unbranched alkanes of at least 4 members (excludes halogenated alkanes) is 1. The van der Waals surface area contributed by atoms with Crippen molar-refractivity contribution in [2.45, 2.75) is 193 Å². The number of hydrogen-bond donors (Lipinski definition) is 10. The van der Waals surface area contributed by atoms with Gasteiger partial charge < -0.3 is 81.4 Å². The molecule has 2 unspecified atom stereocenters. The molecule has 28 heteroatoms. The quantitative estimate of drug-likeness (QED) is 0.0134. The molecular formula is C68H100N10O16S2. The molecule has 2 saturated heterocycles. The van der Waals surface area contributed by atoms with Gasteiger partial charge in [-0.2, -0.15) is 0 Å². The van der Waals surface area contributed by atoms with E-state index in [1.54, 1.807) is 95.5 Å². The number of methoxy groups -OCH3 is 2. The fraction of sp³-hybridized carbons (Fsp3) is 0.647. The molecular weight excluding hydrogens is 1280 g/mol. The maximum atomic E-state index is 15.6. The minimum Gasteiger partial charge on any atom is -0.455 e. The summed E-state index contributed by atoms with van der Waals surface area (Å²) < 4.78 is 37.3. The van der Waals surface area contributed by atoms with Gasteiger partial charge in [-0.25, -0.2) is 14.4 Å². The van der Waals surface area contributed by atoms with Gasteiger partial charge in [0.05, 0.1) is 36.4 Å². The summed E-state index contributed by atoms with van der Waals surface area (Å²) in [5.41, 5.74) is 1.87. The van der Waals surface area contributed by atoms with E-state index in [0.717, 1.165) is 0 Å². The molecule has 0 radical (unpaired) electrons. The van der Waals surface area contributed by atoms with Crippen LogP contribution in [0.3, 0.4) is 0 Å². The summed E-state index contributed by atoms with van der Waals surface area (Å²) in [6, 6.07) is 11.0. The Labute approximate surface area is 570 Å². The lowest BCUT2D eigenvalue weighted by molar-refractivity contribution is -0.305. The molecule has 15 atom stereocenters. The average Bonchev–Trinajstić information content (AvgIpc) is 0.675. The number of benzene rings is 2. The molecule has 7 rings (SSSR count). The number of ether oxygens (including phenoxy) is 6. The summed E-state index contributed by atoms with van der Waals surface area (Å²) in [6.45, 7) is 20.0. The second-order valence-corrected chi connectivity index (χ2v) is 30.3. The number of nitrogens with two attached hydrogens (primary N) is 1. The summed E-state index contributed by atoms with van der Waals surface area (Å²) in [4.78, 5) is 131. The predicted octanol–water partition coefficient (Wildman–Crippen LogP) is 4.91. The third kappa shape index (κ3) is 17.5. The summed E-state index contributed by atoms with van der Waals surface area (Å²) >= 11 is 0. The van der Waals surface area contributed by atoms with Gasteiger partial charge >= 0.3 is 18.2 Å². The van der Waals surface area contributed by atoms with E-state index >= 15 is 14.4 Å². The summed E-state index contributed by atoms with van der Waals surface area (Å²) in [6.07, 6.45) is -5.32. The number of guanidine groups is 1. The number of esters is 1. The SMILES string of the molecule is CCCCN(CCSSC[C@@H]1NC(=O)[C@@H](Cc2ccccc2)NC(=O)[C@H](C)NC(=O)CNC(=O)[C@H](CCCNC(=N)N)NC1=O)C(=O)O[C@@H](C(=O)OC1C[C@@]2(O)[C@@H](C)[C@@H]3[C@]4(C)CO[C@@H]4C[C@H](OC)[C@@]3(C)C(=O)[C@H](OC)C(=C1C)C2(C)C)C(NC(=O)OC(C)(C)C)c1ccccc1. The number of nitrogens with zero attached hydrogens (tertiary/aromatic N) is 1. The molecule has 2 aromatic carbocycles. The van der Waals surface area contributed by atoms with Crippen LogP contribution >= 0.6 is 21.6 Å². The number of carbonyl (C=O) groups is 9. The molecule has 2 bridgehead atoms. The monoisotopic (exact) mass is 1380 g/mol. The number of alkyl carbamates (subject to hydrolysis) is 1. The lowest BCUT2D eigenvalue weighted by atomic mass is 9.40. The van der Waals surface area contributed by atoms with Gasteiger partial charge in [-0.1, -0.05) is 123 Å². The smallest absolute Gasteiger partial charge is 0.410 e. The molecule has 96 heavy (non-hydrogen) atoms. The van der Waals surface area contributed by atoms with E-state index in [4.69, 9.17) is 39.6 Å². The number of aliphatic hydroxyl groups is 1. The normalized spacial score (nSPS) is 29.9. The van der Waals surface area contributed by atoms with Crippen LogP contribution in [0.5, 0.6) is 0 Å². The first-order valence-electron chi connectivity index (χ1n) is 33.0. The van der Waals surface area contributed by atoms with Gasteiger partial charge in [-0.05, 0) is 94.9 Å². The second-order valence-electron chi connectivity index (χ2n) is 27.7. The molecule has 2 aromatic rings. The third-order valence-electron chi connectivity index (χ3n) is 19.8. The van der Waals surface area contributed by atoms with Crippen molar-refractivity contribution >= 4 is 81.0 Å². The van der Waals surface area contributed by atoms with E-state index in [1.807, 2.05) is 34.6 Å². The number of fused-ring (bicyclic) bond motifs is 5. The number of nitrogens with one attached hydrogen (secondary N) is 8. The molecule has 5 aliphatic rings. The van der Waals surface area contributed by atoms with Gasteiger partial charge in [-0.15, -0.1) is 0 Å². The highest BCUT2D eigenvalue weighted by Crippen LogP contribution is 2.67. The van der Waals surface area contributed by atoms with Crippen molar-refractivity contribution < 1.29 is 76.7 Å². The first-order valence-corrected chi connectivity index (χ1v) is 35.4. The van der Waals surface area contributed by atoms with Gasteiger partial charge in [0, 0.05) is 75.5 Å². The second kappa shape index (κ2) is 32.6. The topological polar surface area (TPSA) is 367 Å². The van der Waals surface area contributed by atoms with Crippen LogP contribution in [0.25, 0.3) is 0 Å². The lowest BCUT2D eigenvalue weighted by Gasteiger charge is -2.69. The number of hydrogen-bond acceptors (Lipinski definition) is 19. The van der Waals surface area contributed by atoms with Gasteiger partial charge in [0.25, 0.3) is 0 Å². The number of ketones is 1. The Bertz CT molecular complexity index is 3180. The van der Waals surface area contributed by atoms with E-state index in [2.05, 4.69) is 44.1 Å². The van der Waals surface area contributed by atoms with Crippen LogP contribution in [0, 0.1) is 33.5 Å². The van der Waals surface area contributed by atoms with E-state index in [1.165, 1.54) is 40.5 Å². The van der Waals surface area contributed by atoms with E-state index in [-0.39, 0.29) is 74.7 Å². The van der Waals surface area contributed by atoms with Crippen LogP contribution in [0.2, 0.25) is 0 Å². The zero-order valence-corrected chi connectivity index (χ0v) is 59.1. The molecule has 7 amide bonds. The zero-order valence-electron chi connectivity index (χ0n) is 57.5. The first kappa shape index (κ1) is 76.4. The molecule has 11 N–H and O–H groups in total. The largest absolute Gasteiger partial charge is 0.455 e. The Kier molecular flexibility index (Phi) is 25.9. The highest BCUT2D eigenvalue weighted by atomic mass is 33.1. The molecule has 4 fully saturated rings. The van der Waals surface area contributed by atoms with Crippen LogP contribution < -0.4 is 43.0 Å². The van der Waals surface area contributed by atoms with Gasteiger partial charge in [0.2, 0.25) is 35.6 Å². The molecule has 26 nitrogen and oxygen atoms in total. The third-order valence-corrected chi connectivity index (χ3v) is 22.2. The van der Waals surface area contributed by atoms with Crippen molar-refractivity contribution in [3.8, 4) is 0 Å². The van der Waals surface area contributed by atoms with Gasteiger partial charge in [0.15, 0.2) is 11.7 Å². The van der Waals surface area contributed by atoms with E-state index < -0.39 is 148 Å². The lowest BCUT2D eigenvalue weighted by Crippen LogP contribution is -2.75. The Hall–Kier alpha value is -6.98. The summed E-state index contributed by atoms with van der Waals surface area (Å²) in [7, 11) is 5.43. The summed E-state index contributed by atoms with van der Waals surface area (Å²) in [5, 5.41) is 40.1. The maximum Gasteiger partial charge on any atom is 0.410 e. The molecule has 2 heterocycles. The minimum absolute atomic E-state index is 0.00899. The summed E-state index contributed by atoms with van der Waals surface area (Å²) in [5.74, 6) is -6.27. The number of carbonyl (C=O) groups excluding carboxylic acids is 9. The standard InChI is InChI=1S/C68H100N10O16S2/c1-14-15-29-78(30-31-95-96-36-45-59(84)74-43(27-22-28-71-61(69)70)57(82)72-35-49(79)73-40(4)56(81)75-44(58(83)76-45)32-41-23-18-16-19-24-41)63(87)93-53(51(42-25-20-17-21-26-42)77-62(86)94-64(5,6)7)60(85)92-46-34-68(88)39(3)54-66(10)37-91-47(66)33-48(89-12)67(54,11)55(80)52(90-13)50(38(46)2)65(68,8)9/h16-21,23-26,39-40,43-48,51-54,88H,14-15,22,27-37H2,1-13H3,(H,72,82)(H,73,79)(H,74,84)(H,75,81)(H,76,83)(H,77,86)(H4,69,70,71)/t39-,40-,43-,44+,45-,46?,47+,48-,51?,52+,53+,54+,66+,67+,68+/m0/s1. The van der Waals surface area contributed by atoms with Crippen molar-refractivity contribution in [1.82, 2.24) is 42.1 Å². The van der Waals surface area contributed by atoms with Gasteiger partial charge in [0.1, 0.15) is 48.0 Å². The van der Waals surface area contributed by atoms with Crippen molar-refractivity contribution in [3.05, 3.63) is 82.9 Å². The fourth-order valence-corrected chi connectivity index (χ4v) is 16.8. The molecule has 2 saturated carbocycles. The van der Waals surface area contributed by atoms with E-state index in [9.17, 15) is 33.9 Å². The molecule has 3 aliphatic carbocycles. The van der Waals surface area contributed by atoms with Crippen molar-refractivity contribution in [2.75, 3.05) is 58.5 Å². The minimum atomic E-state index is -1.91. The van der Waals surface area contributed by atoms with E-state index in [0.29, 0.717) is 48.1 Å². The maximum absolute atomic E-state index is 15.6. The molecule has 0 spiro atoms. The van der Waals surface area contributed by atoms with Gasteiger partial charge in [-0.3, -0.25) is 34.2 Å². The first-order chi connectivity index (χ1) is 45.2. The number of Topliss-reactive ketones (excluding diaryl/α,β-unsaturated/α-hetero) is 1. The molecule has 2 aliphatic heterocycles. The van der Waals surface area contributed by atoms with Crippen molar-refractivity contribution in [1.29, 1.82) is 5.41 Å². The zero-order chi connectivity index (χ0) is 70.7. The average molecular weight is 1380 g/mol. The van der Waals surface area contributed by atoms with Crippen LogP contribution in [0.1, 0.15) is 132 Å². The number of amides is 7. The predicted molar refractivity (Wildman–Crippen MR) is 362 cm³/mol. The molecule has 530 valence electrons. The number of rotatable bonds is 23. The Morgan fingerprint density at radius 1 is 0.854 bits per heavy atom. The van der Waals surface area contributed by atoms with Crippen LogP contribution in [-0.2, 0) is 68.4 Å². The van der Waals surface area contributed by atoms with Crippen LogP contribution in [0.4, 0.5) is 9.59 Å². The fourth-order valence-electron chi connectivity index (χ4n) is 14.7. The Morgan fingerprint density at radius 2 is 1.50 bits per heavy atom.